The number of nitrogens with zero attached hydrogens (tertiary/aromatic N) is 4. The fourth-order valence-corrected chi connectivity index (χ4v) is 4.22. The SMILES string of the molecule is COCCCn1c(SCC(=O)N(C)Cc2ccc(C)cc2)nnc1-c1ccccc1Cl. The molecule has 2 aromatic carbocycles. The predicted molar refractivity (Wildman–Crippen MR) is 125 cm³/mol. The second-order valence-electron chi connectivity index (χ2n) is 7.31. The van der Waals surface area contributed by atoms with Gasteiger partial charge in [-0.2, -0.15) is 0 Å². The number of aromatic nitrogens is 3. The van der Waals surface area contributed by atoms with Gasteiger partial charge in [0.1, 0.15) is 0 Å². The van der Waals surface area contributed by atoms with Crippen LogP contribution in [0.1, 0.15) is 17.5 Å². The number of aryl methyl sites for hydroxylation is 1. The number of hydrogen-bond donors (Lipinski definition) is 0. The minimum absolute atomic E-state index is 0.0383. The average molecular weight is 459 g/mol. The summed E-state index contributed by atoms with van der Waals surface area (Å²) in [4.78, 5) is 14.4. The number of hydrogen-bond acceptors (Lipinski definition) is 5. The van der Waals surface area contributed by atoms with Gasteiger partial charge in [-0.15, -0.1) is 10.2 Å². The van der Waals surface area contributed by atoms with E-state index in [0.717, 1.165) is 17.5 Å². The Labute approximate surface area is 192 Å². The van der Waals surface area contributed by atoms with Crippen molar-refractivity contribution in [2.75, 3.05) is 26.5 Å². The van der Waals surface area contributed by atoms with Crippen LogP contribution in [0, 0.1) is 6.92 Å². The van der Waals surface area contributed by atoms with Crippen LogP contribution >= 0.6 is 23.4 Å². The van der Waals surface area contributed by atoms with Crippen LogP contribution in [0.3, 0.4) is 0 Å². The zero-order valence-corrected chi connectivity index (χ0v) is 19.6. The van der Waals surface area contributed by atoms with E-state index in [-0.39, 0.29) is 11.7 Å². The third-order valence-electron chi connectivity index (χ3n) is 4.85. The van der Waals surface area contributed by atoms with Crippen molar-refractivity contribution in [3.05, 3.63) is 64.7 Å². The summed E-state index contributed by atoms with van der Waals surface area (Å²) in [6.45, 7) is 3.93. The van der Waals surface area contributed by atoms with E-state index in [1.807, 2.05) is 35.9 Å². The Balaban J connectivity index is 1.70. The molecule has 1 aromatic heterocycles. The number of halogens is 1. The van der Waals surface area contributed by atoms with Gasteiger partial charge in [0, 0.05) is 39.4 Å². The van der Waals surface area contributed by atoms with E-state index in [1.54, 1.807) is 12.0 Å². The van der Waals surface area contributed by atoms with Crippen molar-refractivity contribution < 1.29 is 9.53 Å². The summed E-state index contributed by atoms with van der Waals surface area (Å²) in [6.07, 6.45) is 0.806. The highest BCUT2D eigenvalue weighted by Gasteiger charge is 2.18. The van der Waals surface area contributed by atoms with Gasteiger partial charge < -0.3 is 14.2 Å². The van der Waals surface area contributed by atoms with E-state index < -0.39 is 0 Å². The molecule has 0 bridgehead atoms. The Hall–Kier alpha value is -2.35. The van der Waals surface area contributed by atoms with Gasteiger partial charge in [0.15, 0.2) is 11.0 Å². The molecule has 6 nitrogen and oxygen atoms in total. The molecule has 0 aliphatic heterocycles. The minimum atomic E-state index is 0.0383. The lowest BCUT2D eigenvalue weighted by Gasteiger charge is -2.17. The topological polar surface area (TPSA) is 60.2 Å². The lowest BCUT2D eigenvalue weighted by Crippen LogP contribution is -2.27. The van der Waals surface area contributed by atoms with Crippen LogP contribution in [0.15, 0.2) is 53.7 Å². The highest BCUT2D eigenvalue weighted by atomic mass is 35.5. The van der Waals surface area contributed by atoms with Crippen molar-refractivity contribution in [1.82, 2.24) is 19.7 Å². The molecule has 164 valence electrons. The number of carbonyl (C=O) groups is 1. The molecule has 0 saturated carbocycles. The predicted octanol–water partition coefficient (Wildman–Crippen LogP) is 4.69. The van der Waals surface area contributed by atoms with Gasteiger partial charge in [-0.1, -0.05) is 65.3 Å². The molecule has 0 atom stereocenters. The Morgan fingerprint density at radius 3 is 2.61 bits per heavy atom. The van der Waals surface area contributed by atoms with Crippen LogP contribution < -0.4 is 0 Å². The summed E-state index contributed by atoms with van der Waals surface area (Å²) in [7, 11) is 3.50. The molecule has 0 radical (unpaired) electrons. The summed E-state index contributed by atoms with van der Waals surface area (Å²) in [5.41, 5.74) is 3.13. The van der Waals surface area contributed by atoms with Crippen LogP contribution in [-0.2, 0) is 22.6 Å². The normalized spacial score (nSPS) is 11.0. The molecule has 1 heterocycles. The van der Waals surface area contributed by atoms with E-state index >= 15 is 0 Å². The van der Waals surface area contributed by atoms with Gasteiger partial charge >= 0.3 is 0 Å². The lowest BCUT2D eigenvalue weighted by molar-refractivity contribution is -0.127. The van der Waals surface area contributed by atoms with E-state index in [2.05, 4.69) is 41.4 Å². The minimum Gasteiger partial charge on any atom is -0.385 e. The number of rotatable bonds is 10. The molecule has 0 unspecified atom stereocenters. The smallest absolute Gasteiger partial charge is 0.233 e. The summed E-state index contributed by atoms with van der Waals surface area (Å²) < 4.78 is 7.21. The van der Waals surface area contributed by atoms with Crippen molar-refractivity contribution in [3.63, 3.8) is 0 Å². The van der Waals surface area contributed by atoms with Gasteiger partial charge in [-0.3, -0.25) is 4.79 Å². The number of thioether (sulfide) groups is 1. The number of ether oxygens (including phenoxy) is 1. The Bertz CT molecular complexity index is 1010. The maximum atomic E-state index is 12.7. The van der Waals surface area contributed by atoms with E-state index in [0.29, 0.717) is 35.7 Å². The Morgan fingerprint density at radius 2 is 1.90 bits per heavy atom. The highest BCUT2D eigenvalue weighted by molar-refractivity contribution is 7.99. The molecule has 3 rings (SSSR count). The Morgan fingerprint density at radius 1 is 1.16 bits per heavy atom. The summed E-state index contributed by atoms with van der Waals surface area (Å²) in [5.74, 6) is 1.02. The summed E-state index contributed by atoms with van der Waals surface area (Å²) >= 11 is 7.77. The van der Waals surface area contributed by atoms with Gasteiger partial charge in [0.25, 0.3) is 0 Å². The summed E-state index contributed by atoms with van der Waals surface area (Å²) in [5, 5.41) is 10.0. The molecule has 0 aliphatic rings. The van der Waals surface area contributed by atoms with Crippen molar-refractivity contribution in [2.45, 2.75) is 31.6 Å². The maximum Gasteiger partial charge on any atom is 0.233 e. The van der Waals surface area contributed by atoms with Crippen LogP contribution in [-0.4, -0.2) is 52.1 Å². The quantitative estimate of drug-likeness (QED) is 0.325. The third kappa shape index (κ3) is 6.32. The van der Waals surface area contributed by atoms with Crippen LogP contribution in [0.4, 0.5) is 0 Å². The van der Waals surface area contributed by atoms with Gasteiger partial charge in [0.05, 0.1) is 10.8 Å². The number of methoxy groups -OCH3 is 1. The molecule has 0 saturated heterocycles. The molecular weight excluding hydrogens is 432 g/mol. The van der Waals surface area contributed by atoms with Crippen LogP contribution in [0.5, 0.6) is 0 Å². The first-order valence-electron chi connectivity index (χ1n) is 10.1. The molecule has 1 amide bonds. The molecule has 0 N–H and O–H groups in total. The molecule has 0 aliphatic carbocycles. The van der Waals surface area contributed by atoms with E-state index in [1.165, 1.54) is 17.3 Å². The first-order chi connectivity index (χ1) is 15.0. The zero-order valence-electron chi connectivity index (χ0n) is 18.0. The number of benzene rings is 2. The summed E-state index contributed by atoms with van der Waals surface area (Å²) in [6, 6.07) is 15.8. The van der Waals surface area contributed by atoms with Crippen molar-refractivity contribution >= 4 is 29.3 Å². The number of amides is 1. The molecule has 3 aromatic rings. The van der Waals surface area contributed by atoms with E-state index in [9.17, 15) is 4.79 Å². The highest BCUT2D eigenvalue weighted by Crippen LogP contribution is 2.29. The maximum absolute atomic E-state index is 12.7. The molecule has 31 heavy (non-hydrogen) atoms. The van der Waals surface area contributed by atoms with Gasteiger partial charge in [-0.05, 0) is 31.0 Å². The first-order valence-corrected chi connectivity index (χ1v) is 11.4. The molecule has 8 heteroatoms. The standard InChI is InChI=1S/C23H27ClN4O2S/c1-17-9-11-18(12-10-17)15-27(2)21(29)16-31-23-26-25-22(28(23)13-6-14-30-3)19-7-4-5-8-20(19)24/h4-5,7-12H,6,13-16H2,1-3H3. The van der Waals surface area contributed by atoms with Crippen LogP contribution in [0.25, 0.3) is 11.4 Å². The molecular formula is C23H27ClN4O2S. The molecule has 0 spiro atoms. The van der Waals surface area contributed by atoms with Gasteiger partial charge in [0.2, 0.25) is 5.91 Å². The van der Waals surface area contributed by atoms with Crippen molar-refractivity contribution in [3.8, 4) is 11.4 Å². The molecule has 0 fully saturated rings. The van der Waals surface area contributed by atoms with Crippen LogP contribution in [0.2, 0.25) is 5.02 Å². The third-order valence-corrected chi connectivity index (χ3v) is 6.13. The monoisotopic (exact) mass is 458 g/mol. The zero-order chi connectivity index (χ0) is 22.2. The second kappa shape index (κ2) is 11.3. The Kier molecular flexibility index (Phi) is 8.51. The number of carbonyl (C=O) groups excluding carboxylic acids is 1. The first kappa shape index (κ1) is 23.3. The fraction of sp³-hybridized carbons (Fsp3) is 0.348. The fourth-order valence-electron chi connectivity index (χ4n) is 3.10. The lowest BCUT2D eigenvalue weighted by atomic mass is 10.1. The van der Waals surface area contributed by atoms with Crippen molar-refractivity contribution in [2.24, 2.45) is 0 Å². The van der Waals surface area contributed by atoms with E-state index in [4.69, 9.17) is 16.3 Å². The second-order valence-corrected chi connectivity index (χ2v) is 8.66. The largest absolute Gasteiger partial charge is 0.385 e. The van der Waals surface area contributed by atoms with Gasteiger partial charge in [-0.25, -0.2) is 0 Å². The van der Waals surface area contributed by atoms with Crippen molar-refractivity contribution in [1.29, 1.82) is 0 Å². The average Bonchev–Trinajstić information content (AvgIpc) is 3.16.